The minimum absolute atomic E-state index is 0.197. The summed E-state index contributed by atoms with van der Waals surface area (Å²) in [6.45, 7) is 3.11. The average molecular weight is 168 g/mol. The van der Waals surface area contributed by atoms with Crippen LogP contribution in [0.5, 0.6) is 5.75 Å². The average Bonchev–Trinajstić information content (AvgIpc) is 2.01. The molecule has 64 valence electrons. The highest BCUT2D eigenvalue weighted by Crippen LogP contribution is 2.24. The van der Waals surface area contributed by atoms with Crippen LogP contribution in [0.15, 0.2) is 6.07 Å². The third-order valence-corrected chi connectivity index (χ3v) is 1.85. The van der Waals surface area contributed by atoms with Crippen molar-refractivity contribution in [2.75, 3.05) is 0 Å². The number of halogens is 1. The van der Waals surface area contributed by atoms with Gasteiger partial charge in [0.2, 0.25) is 0 Å². The fourth-order valence-electron chi connectivity index (χ4n) is 1.13. The van der Waals surface area contributed by atoms with Gasteiger partial charge in [-0.3, -0.25) is 4.79 Å². The minimum atomic E-state index is -0.720. The molecule has 0 bridgehead atoms. The number of benzene rings is 1. The number of phenols is 1. The second-order valence-electron chi connectivity index (χ2n) is 2.68. The second-order valence-corrected chi connectivity index (χ2v) is 2.68. The van der Waals surface area contributed by atoms with Gasteiger partial charge in [-0.2, -0.15) is 0 Å². The van der Waals surface area contributed by atoms with Gasteiger partial charge in [-0.1, -0.05) is 0 Å². The first-order chi connectivity index (χ1) is 5.57. The topological polar surface area (TPSA) is 37.3 Å². The Bertz CT molecular complexity index is 332. The quantitative estimate of drug-likeness (QED) is 0.651. The van der Waals surface area contributed by atoms with Gasteiger partial charge in [0.05, 0.1) is 0 Å². The van der Waals surface area contributed by atoms with Crippen molar-refractivity contribution in [3.05, 3.63) is 28.6 Å². The molecular formula is C9H9FO2. The number of carbonyl (C=O) groups is 1. The summed E-state index contributed by atoms with van der Waals surface area (Å²) in [4.78, 5) is 10.5. The number of phenolic OH excluding ortho intramolecular Hbond substituents is 1. The Hall–Kier alpha value is -1.38. The molecule has 0 amide bonds. The molecule has 12 heavy (non-hydrogen) atoms. The Morgan fingerprint density at radius 2 is 2.08 bits per heavy atom. The van der Waals surface area contributed by atoms with Crippen LogP contribution in [-0.2, 0) is 0 Å². The summed E-state index contributed by atoms with van der Waals surface area (Å²) in [5, 5.41) is 9.01. The van der Waals surface area contributed by atoms with Gasteiger partial charge in [0.25, 0.3) is 0 Å². The van der Waals surface area contributed by atoms with Crippen LogP contribution in [0.3, 0.4) is 0 Å². The number of aldehydes is 1. The summed E-state index contributed by atoms with van der Waals surface area (Å²) in [6, 6.07) is 1.24. The summed E-state index contributed by atoms with van der Waals surface area (Å²) in [5.74, 6) is -1.13. The van der Waals surface area contributed by atoms with E-state index in [0.717, 1.165) is 0 Å². The van der Waals surface area contributed by atoms with Gasteiger partial charge in [0.1, 0.15) is 0 Å². The van der Waals surface area contributed by atoms with E-state index in [1.54, 1.807) is 6.92 Å². The number of aryl methyl sites for hydroxylation is 1. The van der Waals surface area contributed by atoms with Crippen molar-refractivity contribution in [3.8, 4) is 5.75 Å². The molecule has 1 N–H and O–H groups in total. The monoisotopic (exact) mass is 168 g/mol. The highest BCUT2D eigenvalue weighted by Gasteiger charge is 2.10. The van der Waals surface area contributed by atoms with Gasteiger partial charge in [0, 0.05) is 5.56 Å². The van der Waals surface area contributed by atoms with E-state index in [4.69, 9.17) is 5.11 Å². The van der Waals surface area contributed by atoms with Crippen molar-refractivity contribution >= 4 is 6.29 Å². The molecule has 0 spiro atoms. The zero-order valence-electron chi connectivity index (χ0n) is 6.89. The van der Waals surface area contributed by atoms with Crippen LogP contribution in [0.4, 0.5) is 4.39 Å². The predicted molar refractivity (Wildman–Crippen MR) is 42.9 cm³/mol. The van der Waals surface area contributed by atoms with Crippen molar-refractivity contribution in [2.24, 2.45) is 0 Å². The lowest BCUT2D eigenvalue weighted by Crippen LogP contribution is -1.95. The first-order valence-corrected chi connectivity index (χ1v) is 3.51. The predicted octanol–water partition coefficient (Wildman–Crippen LogP) is 1.96. The van der Waals surface area contributed by atoms with Crippen LogP contribution < -0.4 is 0 Å². The van der Waals surface area contributed by atoms with E-state index in [9.17, 15) is 9.18 Å². The third-order valence-electron chi connectivity index (χ3n) is 1.85. The maximum absolute atomic E-state index is 12.9. The second kappa shape index (κ2) is 2.93. The molecule has 0 saturated carbocycles. The largest absolute Gasteiger partial charge is 0.505 e. The van der Waals surface area contributed by atoms with Crippen molar-refractivity contribution in [2.45, 2.75) is 13.8 Å². The Morgan fingerprint density at radius 1 is 1.50 bits per heavy atom. The van der Waals surface area contributed by atoms with Crippen LogP contribution in [0.2, 0.25) is 0 Å². The van der Waals surface area contributed by atoms with Gasteiger partial charge in [0.15, 0.2) is 17.9 Å². The molecule has 0 unspecified atom stereocenters. The standard InChI is InChI=1S/C9H9FO2/c1-5-3-8(12)9(10)6(2)7(5)4-11/h3-4,12H,1-2H3. The summed E-state index contributed by atoms with van der Waals surface area (Å²) in [6.07, 6.45) is 0.590. The van der Waals surface area contributed by atoms with Gasteiger partial charge in [-0.25, -0.2) is 4.39 Å². The fourth-order valence-corrected chi connectivity index (χ4v) is 1.13. The van der Waals surface area contributed by atoms with Gasteiger partial charge >= 0.3 is 0 Å². The van der Waals surface area contributed by atoms with E-state index >= 15 is 0 Å². The van der Waals surface area contributed by atoms with Crippen molar-refractivity contribution < 1.29 is 14.3 Å². The summed E-state index contributed by atoms with van der Waals surface area (Å²) >= 11 is 0. The van der Waals surface area contributed by atoms with E-state index in [2.05, 4.69) is 0 Å². The molecule has 0 atom stereocenters. The maximum Gasteiger partial charge on any atom is 0.168 e. The first-order valence-electron chi connectivity index (χ1n) is 3.51. The Kier molecular flexibility index (Phi) is 2.13. The van der Waals surface area contributed by atoms with Crippen LogP contribution in [0.25, 0.3) is 0 Å². The molecule has 0 fully saturated rings. The van der Waals surface area contributed by atoms with E-state index in [0.29, 0.717) is 17.4 Å². The van der Waals surface area contributed by atoms with Crippen molar-refractivity contribution in [1.29, 1.82) is 0 Å². The lowest BCUT2D eigenvalue weighted by Gasteiger charge is -2.05. The first kappa shape index (κ1) is 8.71. The van der Waals surface area contributed by atoms with Gasteiger partial charge in [-0.15, -0.1) is 0 Å². The third kappa shape index (κ3) is 1.18. The number of aromatic hydroxyl groups is 1. The van der Waals surface area contributed by atoms with Crippen LogP contribution in [0.1, 0.15) is 21.5 Å². The summed E-state index contributed by atoms with van der Waals surface area (Å²) in [7, 11) is 0. The number of rotatable bonds is 1. The smallest absolute Gasteiger partial charge is 0.168 e. The lowest BCUT2D eigenvalue weighted by atomic mass is 10.0. The molecule has 2 nitrogen and oxygen atoms in total. The molecule has 0 aliphatic heterocycles. The van der Waals surface area contributed by atoms with E-state index in [-0.39, 0.29) is 5.56 Å². The maximum atomic E-state index is 12.9. The zero-order chi connectivity index (χ0) is 9.30. The lowest BCUT2D eigenvalue weighted by molar-refractivity contribution is 0.112. The van der Waals surface area contributed by atoms with Crippen molar-refractivity contribution in [3.63, 3.8) is 0 Å². The molecule has 0 aliphatic carbocycles. The van der Waals surface area contributed by atoms with E-state index in [1.807, 2.05) is 0 Å². The van der Waals surface area contributed by atoms with Crippen LogP contribution >= 0.6 is 0 Å². The zero-order valence-corrected chi connectivity index (χ0v) is 6.89. The number of hydrogen-bond acceptors (Lipinski definition) is 2. The SMILES string of the molecule is Cc1cc(O)c(F)c(C)c1C=O. The highest BCUT2D eigenvalue weighted by molar-refractivity contribution is 5.80. The van der Waals surface area contributed by atoms with Gasteiger partial charge < -0.3 is 5.11 Å². The molecule has 0 saturated heterocycles. The molecule has 0 aromatic heterocycles. The van der Waals surface area contributed by atoms with E-state index in [1.165, 1.54) is 13.0 Å². The Labute approximate surface area is 69.6 Å². The van der Waals surface area contributed by atoms with Crippen molar-refractivity contribution in [1.82, 2.24) is 0 Å². The van der Waals surface area contributed by atoms with Gasteiger partial charge in [-0.05, 0) is 31.0 Å². The molecule has 1 aromatic rings. The van der Waals surface area contributed by atoms with Crippen LogP contribution in [0, 0.1) is 19.7 Å². The molecule has 3 heteroatoms. The Morgan fingerprint density at radius 3 is 2.58 bits per heavy atom. The molecular weight excluding hydrogens is 159 g/mol. The minimum Gasteiger partial charge on any atom is -0.505 e. The normalized spacial score (nSPS) is 9.92. The van der Waals surface area contributed by atoms with E-state index < -0.39 is 11.6 Å². The summed E-state index contributed by atoms with van der Waals surface area (Å²) in [5.41, 5.74) is 1.09. The molecule has 1 aromatic carbocycles. The van der Waals surface area contributed by atoms with Crippen LogP contribution in [-0.4, -0.2) is 11.4 Å². The Balaban J connectivity index is 3.51. The fraction of sp³-hybridized carbons (Fsp3) is 0.222. The number of hydrogen-bond donors (Lipinski definition) is 1. The summed E-state index contributed by atoms with van der Waals surface area (Å²) < 4.78 is 12.9. The highest BCUT2D eigenvalue weighted by atomic mass is 19.1. The molecule has 0 radical (unpaired) electrons. The molecule has 0 aliphatic rings. The molecule has 1 rings (SSSR count). The number of carbonyl (C=O) groups excluding carboxylic acids is 1. The molecule has 0 heterocycles.